The normalized spacial score (nSPS) is 17.4. The molecule has 1 aromatic carbocycles. The van der Waals surface area contributed by atoms with E-state index in [9.17, 15) is 4.79 Å². The molecule has 2 aromatic heterocycles. The number of fused-ring (bicyclic) bond motifs is 1. The highest BCUT2D eigenvalue weighted by Gasteiger charge is 2.22. The van der Waals surface area contributed by atoms with Crippen molar-refractivity contribution >= 4 is 11.7 Å². The van der Waals surface area contributed by atoms with Gasteiger partial charge in [-0.25, -0.2) is 4.98 Å². The largest absolute Gasteiger partial charge is 0.481 e. The van der Waals surface area contributed by atoms with Crippen LogP contribution in [0.2, 0.25) is 0 Å². The number of nitrogens with zero attached hydrogens (tertiary/aromatic N) is 4. The third-order valence-electron chi connectivity index (χ3n) is 4.65. The molecule has 1 fully saturated rings. The molecule has 3 heterocycles. The molecule has 1 aliphatic heterocycles. The molecule has 0 radical (unpaired) electrons. The van der Waals surface area contributed by atoms with Gasteiger partial charge in [0.25, 0.3) is 11.7 Å². The van der Waals surface area contributed by atoms with Crippen LogP contribution in [-0.4, -0.2) is 38.1 Å². The summed E-state index contributed by atoms with van der Waals surface area (Å²) in [6.07, 6.45) is 3.69. The fraction of sp³-hybridized carbons (Fsp3) is 0.368. The average molecular weight is 367 g/mol. The molecule has 8 heteroatoms. The number of nitrogens with one attached hydrogen (secondary N) is 1. The van der Waals surface area contributed by atoms with Crippen molar-refractivity contribution in [3.63, 3.8) is 0 Å². The highest BCUT2D eigenvalue weighted by molar-refractivity contribution is 5.81. The molecule has 3 aromatic rings. The van der Waals surface area contributed by atoms with E-state index in [2.05, 4.69) is 20.4 Å². The molecule has 1 amide bonds. The van der Waals surface area contributed by atoms with Crippen LogP contribution in [0.1, 0.15) is 30.5 Å². The minimum Gasteiger partial charge on any atom is -0.481 e. The van der Waals surface area contributed by atoms with Gasteiger partial charge in [0.1, 0.15) is 17.8 Å². The molecule has 0 bridgehead atoms. The molecule has 1 aliphatic rings. The number of benzene rings is 1. The Morgan fingerprint density at radius 2 is 1.93 bits per heavy atom. The Morgan fingerprint density at radius 3 is 2.74 bits per heavy atom. The van der Waals surface area contributed by atoms with E-state index in [0.29, 0.717) is 29.7 Å². The van der Waals surface area contributed by atoms with E-state index in [4.69, 9.17) is 9.47 Å². The van der Waals surface area contributed by atoms with E-state index in [1.165, 1.54) is 6.33 Å². The summed E-state index contributed by atoms with van der Waals surface area (Å²) in [5.41, 5.74) is 1.73. The number of hydrogen-bond acceptors (Lipinski definition) is 6. The van der Waals surface area contributed by atoms with Crippen molar-refractivity contribution in [1.29, 1.82) is 0 Å². The molecule has 0 spiro atoms. The summed E-state index contributed by atoms with van der Waals surface area (Å²) in [6.45, 7) is 4.56. The van der Waals surface area contributed by atoms with Crippen LogP contribution in [0.4, 0.5) is 0 Å². The lowest BCUT2D eigenvalue weighted by molar-refractivity contribution is -0.127. The number of carbonyl (C=O) groups is 1. The Bertz CT molecular complexity index is 967. The Hall–Kier alpha value is -3.16. The number of amides is 1. The van der Waals surface area contributed by atoms with E-state index in [0.717, 1.165) is 30.5 Å². The third-order valence-corrected chi connectivity index (χ3v) is 4.65. The maximum atomic E-state index is 12.0. The molecule has 0 aliphatic carbocycles. The van der Waals surface area contributed by atoms with Gasteiger partial charge in [-0.05, 0) is 57.4 Å². The second-order valence-electron chi connectivity index (χ2n) is 6.57. The molecule has 140 valence electrons. The van der Waals surface area contributed by atoms with E-state index >= 15 is 0 Å². The lowest BCUT2D eigenvalue weighted by Crippen LogP contribution is -2.36. The fourth-order valence-corrected chi connectivity index (χ4v) is 3.01. The van der Waals surface area contributed by atoms with Gasteiger partial charge in [0.2, 0.25) is 5.88 Å². The predicted octanol–water partition coefficient (Wildman–Crippen LogP) is 2.58. The summed E-state index contributed by atoms with van der Waals surface area (Å²) in [5.74, 6) is 2.29. The molecule has 0 saturated carbocycles. The number of rotatable bonds is 4. The predicted molar refractivity (Wildman–Crippen MR) is 98.0 cm³/mol. The number of aromatic nitrogens is 4. The van der Waals surface area contributed by atoms with Crippen LogP contribution in [0.15, 0.2) is 30.6 Å². The van der Waals surface area contributed by atoms with Crippen molar-refractivity contribution in [2.45, 2.75) is 39.2 Å². The van der Waals surface area contributed by atoms with Gasteiger partial charge in [-0.15, -0.1) is 0 Å². The standard InChI is InChI=1S/C19H21N5O3/c1-12-13(2)23-19-21-11-22-24(19)18(12)27-15-8-6-14(7-9-15)26-16-5-3-4-10-20-17(16)25/h6-9,11,16H,3-5,10H2,1-2H3,(H,20,25)/t16-/m1/s1. The number of hydrogen-bond donors (Lipinski definition) is 1. The van der Waals surface area contributed by atoms with E-state index < -0.39 is 6.10 Å². The van der Waals surface area contributed by atoms with Crippen molar-refractivity contribution < 1.29 is 14.3 Å². The van der Waals surface area contributed by atoms with Crippen LogP contribution >= 0.6 is 0 Å². The summed E-state index contributed by atoms with van der Waals surface area (Å²) >= 11 is 0. The summed E-state index contributed by atoms with van der Waals surface area (Å²) in [5, 5.41) is 7.05. The van der Waals surface area contributed by atoms with Crippen LogP contribution in [0.25, 0.3) is 5.78 Å². The van der Waals surface area contributed by atoms with Crippen LogP contribution in [0.5, 0.6) is 17.4 Å². The van der Waals surface area contributed by atoms with Crippen molar-refractivity contribution in [3.05, 3.63) is 41.9 Å². The summed E-state index contributed by atoms with van der Waals surface area (Å²) in [6, 6.07) is 7.22. The monoisotopic (exact) mass is 367 g/mol. The topological polar surface area (TPSA) is 90.6 Å². The van der Waals surface area contributed by atoms with Gasteiger partial charge in [-0.1, -0.05) is 0 Å². The number of carbonyl (C=O) groups excluding carboxylic acids is 1. The summed E-state index contributed by atoms with van der Waals surface area (Å²) < 4.78 is 13.5. The SMILES string of the molecule is Cc1nc2ncnn2c(Oc2ccc(O[C@@H]3CCCCNC3=O)cc2)c1C. The number of ether oxygens (including phenoxy) is 2. The Morgan fingerprint density at radius 1 is 1.15 bits per heavy atom. The fourth-order valence-electron chi connectivity index (χ4n) is 3.01. The van der Waals surface area contributed by atoms with Gasteiger partial charge in [-0.2, -0.15) is 14.6 Å². The maximum absolute atomic E-state index is 12.0. The molecule has 8 nitrogen and oxygen atoms in total. The lowest BCUT2D eigenvalue weighted by Gasteiger charge is -2.16. The van der Waals surface area contributed by atoms with Gasteiger partial charge in [-0.3, -0.25) is 4.79 Å². The zero-order chi connectivity index (χ0) is 18.8. The quantitative estimate of drug-likeness (QED) is 0.762. The van der Waals surface area contributed by atoms with E-state index in [1.807, 2.05) is 26.0 Å². The lowest BCUT2D eigenvalue weighted by atomic mass is 10.2. The highest BCUT2D eigenvalue weighted by atomic mass is 16.5. The molecular formula is C19H21N5O3. The molecule has 1 atom stereocenters. The Labute approximate surface area is 156 Å². The first-order valence-corrected chi connectivity index (χ1v) is 9.01. The van der Waals surface area contributed by atoms with Crippen LogP contribution in [0.3, 0.4) is 0 Å². The highest BCUT2D eigenvalue weighted by Crippen LogP contribution is 2.28. The van der Waals surface area contributed by atoms with Crippen molar-refractivity contribution in [2.75, 3.05) is 6.54 Å². The second-order valence-corrected chi connectivity index (χ2v) is 6.57. The van der Waals surface area contributed by atoms with Crippen LogP contribution in [-0.2, 0) is 4.79 Å². The van der Waals surface area contributed by atoms with Crippen LogP contribution in [0, 0.1) is 13.8 Å². The van der Waals surface area contributed by atoms with Gasteiger partial charge < -0.3 is 14.8 Å². The first-order valence-electron chi connectivity index (χ1n) is 9.01. The van der Waals surface area contributed by atoms with E-state index in [-0.39, 0.29) is 5.91 Å². The molecule has 4 rings (SSSR count). The summed E-state index contributed by atoms with van der Waals surface area (Å²) in [7, 11) is 0. The molecule has 0 unspecified atom stereocenters. The van der Waals surface area contributed by atoms with E-state index in [1.54, 1.807) is 16.6 Å². The zero-order valence-electron chi connectivity index (χ0n) is 15.3. The smallest absolute Gasteiger partial charge is 0.261 e. The van der Waals surface area contributed by atoms with Crippen molar-refractivity contribution in [3.8, 4) is 17.4 Å². The Kier molecular flexibility index (Phi) is 4.62. The molecule has 1 saturated heterocycles. The molecule has 27 heavy (non-hydrogen) atoms. The minimum atomic E-state index is -0.445. The van der Waals surface area contributed by atoms with Gasteiger partial charge >= 0.3 is 0 Å². The average Bonchev–Trinajstić information content (AvgIpc) is 3.03. The Balaban J connectivity index is 1.52. The first-order chi connectivity index (χ1) is 13.1. The maximum Gasteiger partial charge on any atom is 0.261 e. The zero-order valence-corrected chi connectivity index (χ0v) is 15.3. The van der Waals surface area contributed by atoms with Gasteiger partial charge in [0, 0.05) is 17.8 Å². The third kappa shape index (κ3) is 3.55. The van der Waals surface area contributed by atoms with Crippen LogP contribution < -0.4 is 14.8 Å². The number of aryl methyl sites for hydroxylation is 1. The van der Waals surface area contributed by atoms with Gasteiger partial charge in [0.15, 0.2) is 6.10 Å². The molecular weight excluding hydrogens is 346 g/mol. The molecule has 1 N–H and O–H groups in total. The second kappa shape index (κ2) is 7.22. The first kappa shape index (κ1) is 17.3. The summed E-state index contributed by atoms with van der Waals surface area (Å²) in [4.78, 5) is 20.5. The van der Waals surface area contributed by atoms with Crippen molar-refractivity contribution in [1.82, 2.24) is 24.9 Å². The van der Waals surface area contributed by atoms with Crippen molar-refractivity contribution in [2.24, 2.45) is 0 Å². The minimum absolute atomic E-state index is 0.0516. The van der Waals surface area contributed by atoms with Gasteiger partial charge in [0.05, 0.1) is 0 Å².